The van der Waals surface area contributed by atoms with Crippen LogP contribution in [0.2, 0.25) is 0 Å². The number of carbonyl (C=O) groups is 3. The van der Waals surface area contributed by atoms with E-state index in [0.29, 0.717) is 28.3 Å². The van der Waals surface area contributed by atoms with Crippen molar-refractivity contribution in [1.29, 1.82) is 0 Å². The fourth-order valence-electron chi connectivity index (χ4n) is 2.67. The number of nitrogens with zero attached hydrogens (tertiary/aromatic N) is 1. The monoisotopic (exact) mass is 452 g/mol. The van der Waals surface area contributed by atoms with E-state index in [2.05, 4.69) is 5.32 Å². The molecular weight excluding hydrogens is 437 g/mol. The molecule has 162 valence electrons. The second kappa shape index (κ2) is 8.72. The fourth-order valence-corrected chi connectivity index (χ4v) is 3.51. The zero-order valence-electron chi connectivity index (χ0n) is 15.9. The summed E-state index contributed by atoms with van der Waals surface area (Å²) in [6, 6.07) is 8.46. The zero-order chi connectivity index (χ0) is 22.8. The van der Waals surface area contributed by atoms with Crippen molar-refractivity contribution in [1.82, 2.24) is 4.90 Å². The lowest BCUT2D eigenvalue weighted by molar-refractivity contribution is -0.137. The third kappa shape index (κ3) is 5.18. The van der Waals surface area contributed by atoms with E-state index in [1.54, 1.807) is 0 Å². The fraction of sp³-hybridized carbons (Fsp3) is 0.150. The molecular formula is C20H15F3N2O5S. The van der Waals surface area contributed by atoms with Crippen LogP contribution in [-0.2, 0) is 15.8 Å². The highest BCUT2D eigenvalue weighted by Gasteiger charge is 2.36. The van der Waals surface area contributed by atoms with Crippen molar-refractivity contribution in [3.05, 3.63) is 58.5 Å². The van der Waals surface area contributed by atoms with Gasteiger partial charge in [-0.1, -0.05) is 12.1 Å². The van der Waals surface area contributed by atoms with Crippen LogP contribution in [0.5, 0.6) is 11.5 Å². The van der Waals surface area contributed by atoms with Crippen molar-refractivity contribution < 1.29 is 37.4 Å². The van der Waals surface area contributed by atoms with Gasteiger partial charge in [-0.15, -0.1) is 0 Å². The van der Waals surface area contributed by atoms with E-state index in [4.69, 9.17) is 4.74 Å². The Kier molecular flexibility index (Phi) is 6.25. The van der Waals surface area contributed by atoms with E-state index in [9.17, 15) is 32.7 Å². The third-order valence-corrected chi connectivity index (χ3v) is 5.07. The summed E-state index contributed by atoms with van der Waals surface area (Å²) in [4.78, 5) is 37.8. The topological polar surface area (TPSA) is 95.9 Å². The molecule has 0 saturated carbocycles. The largest absolute Gasteiger partial charge is 0.508 e. The van der Waals surface area contributed by atoms with E-state index in [1.807, 2.05) is 0 Å². The van der Waals surface area contributed by atoms with Crippen molar-refractivity contribution in [2.75, 3.05) is 19.0 Å². The first-order valence-corrected chi connectivity index (χ1v) is 9.49. The summed E-state index contributed by atoms with van der Waals surface area (Å²) in [6.45, 7) is -0.684. The number of thioether (sulfide) groups is 1. The molecule has 0 atom stereocenters. The zero-order valence-corrected chi connectivity index (χ0v) is 16.7. The van der Waals surface area contributed by atoms with Crippen LogP contribution in [0.25, 0.3) is 6.08 Å². The summed E-state index contributed by atoms with van der Waals surface area (Å²) in [7, 11) is 1.23. The number of hydrogen-bond donors (Lipinski definition) is 2. The van der Waals surface area contributed by atoms with Gasteiger partial charge in [0.2, 0.25) is 5.91 Å². The molecule has 1 fully saturated rings. The Hall–Kier alpha value is -3.47. The van der Waals surface area contributed by atoms with Crippen molar-refractivity contribution in [3.8, 4) is 11.5 Å². The Morgan fingerprint density at radius 2 is 1.87 bits per heavy atom. The molecule has 0 bridgehead atoms. The van der Waals surface area contributed by atoms with Crippen LogP contribution in [0, 0.1) is 0 Å². The number of methoxy groups -OCH3 is 1. The number of carbonyl (C=O) groups excluding carboxylic acids is 3. The highest BCUT2D eigenvalue weighted by Crippen LogP contribution is 2.35. The van der Waals surface area contributed by atoms with Gasteiger partial charge in [-0.05, 0) is 53.7 Å². The number of phenolic OH excluding ortho intramolecular Hbond substituents is 1. The maximum absolute atomic E-state index is 12.9. The number of aromatic hydroxyl groups is 1. The Morgan fingerprint density at radius 3 is 2.48 bits per heavy atom. The third-order valence-electron chi connectivity index (χ3n) is 4.17. The summed E-state index contributed by atoms with van der Waals surface area (Å²) in [5, 5.41) is 10.9. The van der Waals surface area contributed by atoms with Crippen molar-refractivity contribution >= 4 is 40.6 Å². The van der Waals surface area contributed by atoms with Crippen LogP contribution in [-0.4, -0.2) is 40.7 Å². The van der Waals surface area contributed by atoms with Gasteiger partial charge in [0.1, 0.15) is 18.0 Å². The molecule has 3 amide bonds. The smallest absolute Gasteiger partial charge is 0.416 e. The lowest BCUT2D eigenvalue weighted by Crippen LogP contribution is -2.36. The molecule has 31 heavy (non-hydrogen) atoms. The lowest BCUT2D eigenvalue weighted by atomic mass is 10.1. The number of alkyl halides is 3. The first kappa shape index (κ1) is 22.2. The van der Waals surface area contributed by atoms with Gasteiger partial charge in [-0.3, -0.25) is 19.3 Å². The normalized spacial score (nSPS) is 15.5. The van der Waals surface area contributed by atoms with Gasteiger partial charge in [0, 0.05) is 0 Å². The number of benzene rings is 2. The van der Waals surface area contributed by atoms with Gasteiger partial charge in [-0.2, -0.15) is 13.2 Å². The SMILES string of the molecule is COc1ccc(C(F)(F)F)cc1NC(=O)CN1C(=O)S/C(=C\c2ccc(O)cc2)C1=O. The number of phenols is 1. The molecule has 1 heterocycles. The molecule has 3 rings (SSSR count). The first-order chi connectivity index (χ1) is 14.6. The summed E-state index contributed by atoms with van der Waals surface area (Å²) in [5.74, 6) is -1.56. The molecule has 0 unspecified atom stereocenters. The molecule has 2 N–H and O–H groups in total. The van der Waals surface area contributed by atoms with Crippen LogP contribution in [0.15, 0.2) is 47.4 Å². The maximum Gasteiger partial charge on any atom is 0.416 e. The lowest BCUT2D eigenvalue weighted by Gasteiger charge is -2.16. The Morgan fingerprint density at radius 1 is 1.19 bits per heavy atom. The summed E-state index contributed by atoms with van der Waals surface area (Å²) in [5.41, 5.74) is -0.679. The Bertz CT molecular complexity index is 1070. The molecule has 7 nitrogen and oxygen atoms in total. The van der Waals surface area contributed by atoms with Crippen LogP contribution < -0.4 is 10.1 Å². The molecule has 2 aromatic rings. The maximum atomic E-state index is 12.9. The van der Waals surface area contributed by atoms with Crippen molar-refractivity contribution in [2.24, 2.45) is 0 Å². The molecule has 1 aliphatic heterocycles. The predicted molar refractivity (Wildman–Crippen MR) is 107 cm³/mol. The van der Waals surface area contributed by atoms with Gasteiger partial charge < -0.3 is 15.2 Å². The van der Waals surface area contributed by atoms with Gasteiger partial charge >= 0.3 is 6.18 Å². The molecule has 0 aromatic heterocycles. The predicted octanol–water partition coefficient (Wildman–Crippen LogP) is 4.09. The van der Waals surface area contributed by atoms with Gasteiger partial charge in [-0.25, -0.2) is 0 Å². The molecule has 0 spiro atoms. The van der Waals surface area contributed by atoms with Crippen molar-refractivity contribution in [3.63, 3.8) is 0 Å². The summed E-state index contributed by atoms with van der Waals surface area (Å²) in [6.07, 6.45) is -3.20. The number of imide groups is 1. The Balaban J connectivity index is 1.74. The Labute approximate surface area is 178 Å². The standard InChI is InChI=1S/C20H15F3N2O5S/c1-30-15-7-4-12(20(21,22)23)9-14(15)24-17(27)10-25-18(28)16(31-19(25)29)8-11-2-5-13(26)6-3-11/h2-9,26H,10H2,1H3,(H,24,27)/b16-8-. The van der Waals surface area contributed by atoms with Crippen molar-refractivity contribution in [2.45, 2.75) is 6.18 Å². The van der Waals surface area contributed by atoms with Gasteiger partial charge in [0.15, 0.2) is 0 Å². The molecule has 1 saturated heterocycles. The van der Waals surface area contributed by atoms with Crippen LogP contribution >= 0.6 is 11.8 Å². The minimum atomic E-state index is -4.63. The minimum absolute atomic E-state index is 0.0114. The van der Waals surface area contributed by atoms with Crippen LogP contribution in [0.1, 0.15) is 11.1 Å². The van der Waals surface area contributed by atoms with E-state index in [1.165, 1.54) is 37.5 Å². The van der Waals surface area contributed by atoms with E-state index < -0.39 is 35.3 Å². The van der Waals surface area contributed by atoms with Gasteiger partial charge in [0.25, 0.3) is 11.1 Å². The second-order valence-electron chi connectivity index (χ2n) is 6.32. The van der Waals surface area contributed by atoms with Gasteiger partial charge in [0.05, 0.1) is 23.3 Å². The number of amides is 3. The highest BCUT2D eigenvalue weighted by molar-refractivity contribution is 8.18. The summed E-state index contributed by atoms with van der Waals surface area (Å²) < 4.78 is 43.8. The van der Waals surface area contributed by atoms with E-state index >= 15 is 0 Å². The highest BCUT2D eigenvalue weighted by atomic mass is 32.2. The number of nitrogens with one attached hydrogen (secondary N) is 1. The number of hydrogen-bond acceptors (Lipinski definition) is 6. The first-order valence-electron chi connectivity index (χ1n) is 8.68. The average Bonchev–Trinajstić information content (AvgIpc) is 2.96. The van der Waals surface area contributed by atoms with E-state index in [-0.39, 0.29) is 22.1 Å². The van der Waals surface area contributed by atoms with Crippen LogP contribution in [0.3, 0.4) is 0 Å². The average molecular weight is 452 g/mol. The molecule has 1 aliphatic rings. The van der Waals surface area contributed by atoms with E-state index in [0.717, 1.165) is 12.1 Å². The molecule has 0 radical (unpaired) electrons. The molecule has 0 aliphatic carbocycles. The number of rotatable bonds is 5. The molecule has 2 aromatic carbocycles. The second-order valence-corrected chi connectivity index (χ2v) is 7.31. The number of ether oxygens (including phenoxy) is 1. The molecule has 11 heteroatoms. The minimum Gasteiger partial charge on any atom is -0.508 e. The number of halogens is 3. The van der Waals surface area contributed by atoms with Crippen LogP contribution in [0.4, 0.5) is 23.7 Å². The number of anilines is 1. The quantitative estimate of drug-likeness (QED) is 0.664. The summed E-state index contributed by atoms with van der Waals surface area (Å²) >= 11 is 0.625.